The first kappa shape index (κ1) is 14.0. The zero-order valence-electron chi connectivity index (χ0n) is 11.1. The van der Waals surface area contributed by atoms with Crippen LogP contribution in [0.2, 0.25) is 5.02 Å². The first-order valence-corrected chi connectivity index (χ1v) is 6.47. The number of nitrogens with one attached hydrogen (secondary N) is 1. The van der Waals surface area contributed by atoms with Crippen molar-refractivity contribution < 1.29 is 8.91 Å². The summed E-state index contributed by atoms with van der Waals surface area (Å²) in [6.45, 7) is 6.16. The Kier molecular flexibility index (Phi) is 4.22. The first-order valence-electron chi connectivity index (χ1n) is 6.09. The minimum absolute atomic E-state index is 0.0321. The van der Waals surface area contributed by atoms with E-state index in [1.807, 2.05) is 20.8 Å². The SMILES string of the molecule is Cc1noc(C)c1C(C)NCc1cc(Cl)ccc1F. The van der Waals surface area contributed by atoms with E-state index in [4.69, 9.17) is 16.1 Å². The summed E-state index contributed by atoms with van der Waals surface area (Å²) in [6.07, 6.45) is 0. The molecule has 5 heteroatoms. The molecule has 0 saturated carbocycles. The van der Waals surface area contributed by atoms with Gasteiger partial charge in [0.25, 0.3) is 0 Å². The van der Waals surface area contributed by atoms with Crippen molar-refractivity contribution in [3.8, 4) is 0 Å². The Hall–Kier alpha value is -1.39. The van der Waals surface area contributed by atoms with Gasteiger partial charge in [-0.05, 0) is 39.0 Å². The molecule has 19 heavy (non-hydrogen) atoms. The van der Waals surface area contributed by atoms with E-state index in [1.54, 1.807) is 6.07 Å². The summed E-state index contributed by atoms with van der Waals surface area (Å²) < 4.78 is 18.7. The van der Waals surface area contributed by atoms with E-state index in [9.17, 15) is 4.39 Å². The Morgan fingerprint density at radius 3 is 2.79 bits per heavy atom. The molecular formula is C14H16ClFN2O. The summed E-state index contributed by atoms with van der Waals surface area (Å²) >= 11 is 5.86. The maximum atomic E-state index is 13.6. The van der Waals surface area contributed by atoms with Gasteiger partial charge >= 0.3 is 0 Å². The summed E-state index contributed by atoms with van der Waals surface area (Å²) in [5.74, 6) is 0.520. The molecule has 2 rings (SSSR count). The predicted molar refractivity (Wildman–Crippen MR) is 72.6 cm³/mol. The molecule has 102 valence electrons. The van der Waals surface area contributed by atoms with E-state index >= 15 is 0 Å². The standard InChI is InChI=1S/C14H16ClFN2O/c1-8(14-9(2)18-19-10(14)3)17-7-11-6-12(15)4-5-13(11)16/h4-6,8,17H,7H2,1-3H3. The van der Waals surface area contributed by atoms with Crippen LogP contribution < -0.4 is 5.32 Å². The van der Waals surface area contributed by atoms with Gasteiger partial charge in [-0.2, -0.15) is 0 Å². The summed E-state index contributed by atoms with van der Waals surface area (Å²) in [5, 5.41) is 7.70. The van der Waals surface area contributed by atoms with Crippen LogP contribution in [0.4, 0.5) is 4.39 Å². The highest BCUT2D eigenvalue weighted by Crippen LogP contribution is 2.22. The molecule has 0 saturated heterocycles. The van der Waals surface area contributed by atoms with Crippen molar-refractivity contribution in [1.82, 2.24) is 10.5 Å². The van der Waals surface area contributed by atoms with E-state index in [0.717, 1.165) is 17.0 Å². The third kappa shape index (κ3) is 3.14. The van der Waals surface area contributed by atoms with Crippen LogP contribution in [0.15, 0.2) is 22.7 Å². The van der Waals surface area contributed by atoms with Gasteiger partial charge in [-0.1, -0.05) is 16.8 Å². The molecule has 1 aromatic carbocycles. The molecule has 1 heterocycles. The average Bonchev–Trinajstić information content (AvgIpc) is 2.70. The molecule has 0 aliphatic rings. The fourth-order valence-electron chi connectivity index (χ4n) is 2.15. The fourth-order valence-corrected chi connectivity index (χ4v) is 2.35. The third-order valence-corrected chi connectivity index (χ3v) is 3.36. The van der Waals surface area contributed by atoms with Crippen molar-refractivity contribution >= 4 is 11.6 Å². The lowest BCUT2D eigenvalue weighted by Gasteiger charge is -2.14. The fraction of sp³-hybridized carbons (Fsp3) is 0.357. The van der Waals surface area contributed by atoms with Gasteiger partial charge in [0.15, 0.2) is 0 Å². The number of rotatable bonds is 4. The van der Waals surface area contributed by atoms with E-state index < -0.39 is 0 Å². The van der Waals surface area contributed by atoms with Crippen LogP contribution >= 0.6 is 11.6 Å². The van der Waals surface area contributed by atoms with Crippen LogP contribution in [0.3, 0.4) is 0 Å². The van der Waals surface area contributed by atoms with Gasteiger partial charge in [-0.25, -0.2) is 4.39 Å². The number of aryl methyl sites for hydroxylation is 2. The van der Waals surface area contributed by atoms with Crippen LogP contribution in [-0.2, 0) is 6.54 Å². The minimum atomic E-state index is -0.261. The molecule has 1 atom stereocenters. The largest absolute Gasteiger partial charge is 0.361 e. The Labute approximate surface area is 116 Å². The normalized spacial score (nSPS) is 12.7. The highest BCUT2D eigenvalue weighted by molar-refractivity contribution is 6.30. The molecule has 0 aliphatic carbocycles. The highest BCUT2D eigenvalue weighted by atomic mass is 35.5. The van der Waals surface area contributed by atoms with Crippen molar-refractivity contribution in [2.75, 3.05) is 0 Å². The highest BCUT2D eigenvalue weighted by Gasteiger charge is 2.16. The van der Waals surface area contributed by atoms with Gasteiger partial charge in [0.05, 0.1) is 5.69 Å². The third-order valence-electron chi connectivity index (χ3n) is 3.13. The molecule has 0 amide bonds. The van der Waals surface area contributed by atoms with Crippen molar-refractivity contribution in [2.45, 2.75) is 33.4 Å². The Morgan fingerprint density at radius 2 is 2.16 bits per heavy atom. The average molecular weight is 283 g/mol. The quantitative estimate of drug-likeness (QED) is 0.923. The number of hydrogen-bond donors (Lipinski definition) is 1. The lowest BCUT2D eigenvalue weighted by atomic mass is 10.1. The molecule has 1 aromatic heterocycles. The minimum Gasteiger partial charge on any atom is -0.361 e. The lowest BCUT2D eigenvalue weighted by Crippen LogP contribution is -2.19. The predicted octanol–water partition coefficient (Wildman–Crippen LogP) is 3.93. The van der Waals surface area contributed by atoms with Crippen LogP contribution in [-0.4, -0.2) is 5.16 Å². The molecule has 0 radical (unpaired) electrons. The van der Waals surface area contributed by atoms with Gasteiger partial charge in [0.2, 0.25) is 0 Å². The van der Waals surface area contributed by atoms with Gasteiger partial charge in [-0.3, -0.25) is 0 Å². The number of halogens is 2. The zero-order chi connectivity index (χ0) is 14.0. The van der Waals surface area contributed by atoms with Crippen LogP contribution in [0, 0.1) is 19.7 Å². The second-order valence-corrected chi connectivity index (χ2v) is 5.01. The van der Waals surface area contributed by atoms with Crippen molar-refractivity contribution in [2.24, 2.45) is 0 Å². The molecule has 0 fully saturated rings. The van der Waals surface area contributed by atoms with Crippen molar-refractivity contribution in [3.63, 3.8) is 0 Å². The number of hydrogen-bond acceptors (Lipinski definition) is 3. The smallest absolute Gasteiger partial charge is 0.138 e. The lowest BCUT2D eigenvalue weighted by molar-refractivity contribution is 0.390. The first-order chi connectivity index (χ1) is 8.99. The van der Waals surface area contributed by atoms with E-state index in [2.05, 4.69) is 10.5 Å². The number of nitrogens with zero attached hydrogens (tertiary/aromatic N) is 1. The molecule has 0 aliphatic heterocycles. The summed E-state index contributed by atoms with van der Waals surface area (Å²) in [7, 11) is 0. The van der Waals surface area contributed by atoms with E-state index in [0.29, 0.717) is 17.1 Å². The van der Waals surface area contributed by atoms with Crippen LogP contribution in [0.5, 0.6) is 0 Å². The van der Waals surface area contributed by atoms with Crippen molar-refractivity contribution in [3.05, 3.63) is 51.6 Å². The van der Waals surface area contributed by atoms with E-state index in [1.165, 1.54) is 12.1 Å². The summed E-state index contributed by atoms with van der Waals surface area (Å²) in [5.41, 5.74) is 2.41. The van der Waals surface area contributed by atoms with Gasteiger partial charge in [0, 0.05) is 28.7 Å². The molecule has 0 bridgehead atoms. The summed E-state index contributed by atoms with van der Waals surface area (Å²) in [6, 6.07) is 4.58. The Morgan fingerprint density at radius 1 is 1.42 bits per heavy atom. The molecule has 1 N–H and O–H groups in total. The molecular weight excluding hydrogens is 267 g/mol. The van der Waals surface area contributed by atoms with E-state index in [-0.39, 0.29) is 11.9 Å². The van der Waals surface area contributed by atoms with Crippen molar-refractivity contribution in [1.29, 1.82) is 0 Å². The number of benzene rings is 1. The van der Waals surface area contributed by atoms with Gasteiger partial charge in [0.1, 0.15) is 11.6 Å². The Bertz CT molecular complexity index is 563. The van der Waals surface area contributed by atoms with Gasteiger partial charge < -0.3 is 9.84 Å². The second-order valence-electron chi connectivity index (χ2n) is 4.58. The molecule has 1 unspecified atom stereocenters. The van der Waals surface area contributed by atoms with Gasteiger partial charge in [-0.15, -0.1) is 0 Å². The maximum absolute atomic E-state index is 13.6. The summed E-state index contributed by atoms with van der Waals surface area (Å²) in [4.78, 5) is 0. The molecule has 0 spiro atoms. The van der Waals surface area contributed by atoms with Crippen LogP contribution in [0.25, 0.3) is 0 Å². The Balaban J connectivity index is 2.08. The number of aromatic nitrogens is 1. The molecule has 3 nitrogen and oxygen atoms in total. The molecule has 2 aromatic rings. The topological polar surface area (TPSA) is 38.1 Å². The second kappa shape index (κ2) is 5.72. The zero-order valence-corrected chi connectivity index (χ0v) is 11.9. The maximum Gasteiger partial charge on any atom is 0.138 e. The monoisotopic (exact) mass is 282 g/mol. The van der Waals surface area contributed by atoms with Crippen LogP contribution in [0.1, 0.15) is 35.5 Å².